The van der Waals surface area contributed by atoms with E-state index in [0.29, 0.717) is 6.42 Å². The zero-order chi connectivity index (χ0) is 21.6. The minimum atomic E-state index is -1.50. The molecule has 7 atom stereocenters. The van der Waals surface area contributed by atoms with Crippen LogP contribution in [0.3, 0.4) is 0 Å². The van der Waals surface area contributed by atoms with Crippen molar-refractivity contribution >= 4 is 11.8 Å². The highest BCUT2D eigenvalue weighted by Crippen LogP contribution is 2.23. The molecule has 0 spiro atoms. The molecule has 2 unspecified atom stereocenters. The van der Waals surface area contributed by atoms with E-state index in [1.54, 1.807) is 0 Å². The third-order valence-corrected chi connectivity index (χ3v) is 4.75. The quantitative estimate of drug-likeness (QED) is 0.374. The number of carbonyl (C=O) groups excluding carboxylic acids is 2. The first-order chi connectivity index (χ1) is 13.7. The van der Waals surface area contributed by atoms with Gasteiger partial charge in [0.05, 0.1) is 6.61 Å². The highest BCUT2D eigenvalue weighted by molar-refractivity contribution is 5.80. The Morgan fingerprint density at radius 2 is 1.86 bits per heavy atom. The molecule has 1 aromatic carbocycles. The molecule has 0 aromatic heterocycles. The highest BCUT2D eigenvalue weighted by Gasteiger charge is 2.46. The van der Waals surface area contributed by atoms with Crippen LogP contribution in [0.1, 0.15) is 26.3 Å². The predicted octanol–water partition coefficient (Wildman–Crippen LogP) is -0.917. The third-order valence-electron chi connectivity index (χ3n) is 4.75. The molecule has 9 nitrogen and oxygen atoms in total. The minimum absolute atomic E-state index is 0.155. The van der Waals surface area contributed by atoms with E-state index in [-0.39, 0.29) is 6.04 Å². The molecule has 1 aliphatic rings. The second-order valence-electron chi connectivity index (χ2n) is 7.31. The number of hydrogen-bond acceptors (Lipinski definition) is 7. The van der Waals surface area contributed by atoms with E-state index < -0.39 is 55.2 Å². The van der Waals surface area contributed by atoms with Gasteiger partial charge in [0.1, 0.15) is 30.5 Å². The maximum Gasteiger partial charge on any atom is 0.249 e. The Kier molecular flexibility index (Phi) is 8.54. The van der Waals surface area contributed by atoms with E-state index in [1.807, 2.05) is 37.3 Å². The number of aliphatic hydroxyl groups is 3. The highest BCUT2D eigenvalue weighted by atomic mass is 16.6. The average molecular weight is 410 g/mol. The van der Waals surface area contributed by atoms with Gasteiger partial charge in [0.25, 0.3) is 0 Å². The molecule has 0 aliphatic carbocycles. The fourth-order valence-corrected chi connectivity index (χ4v) is 3.31. The van der Waals surface area contributed by atoms with Gasteiger partial charge in [0.15, 0.2) is 6.29 Å². The van der Waals surface area contributed by atoms with E-state index in [9.17, 15) is 24.9 Å². The summed E-state index contributed by atoms with van der Waals surface area (Å²) in [7, 11) is 0. The van der Waals surface area contributed by atoms with Crippen molar-refractivity contribution in [3.05, 3.63) is 35.9 Å². The Morgan fingerprint density at radius 3 is 2.45 bits per heavy atom. The Labute approximate surface area is 170 Å². The molecule has 1 fully saturated rings. The summed E-state index contributed by atoms with van der Waals surface area (Å²) in [6.45, 7) is 4.07. The topological polar surface area (TPSA) is 137 Å². The number of benzene rings is 1. The number of carbonyl (C=O) groups is 2. The fraction of sp³-hybridized carbons (Fsp3) is 0.600. The zero-order valence-electron chi connectivity index (χ0n) is 16.8. The number of ether oxygens (including phenoxy) is 2. The smallest absolute Gasteiger partial charge is 0.249 e. The first kappa shape index (κ1) is 23.2. The molecular formula is C20H30N2O7. The molecule has 29 heavy (non-hydrogen) atoms. The van der Waals surface area contributed by atoms with Crippen molar-refractivity contribution in [3.63, 3.8) is 0 Å². The van der Waals surface area contributed by atoms with Gasteiger partial charge < -0.3 is 35.4 Å². The van der Waals surface area contributed by atoms with Crippen LogP contribution >= 0.6 is 0 Å². The summed E-state index contributed by atoms with van der Waals surface area (Å²) in [6, 6.07) is 8.45. The lowest BCUT2D eigenvalue weighted by Gasteiger charge is -2.43. The molecule has 1 aromatic rings. The molecule has 1 heterocycles. The van der Waals surface area contributed by atoms with Crippen LogP contribution in [0.25, 0.3) is 0 Å². The fourth-order valence-electron chi connectivity index (χ4n) is 3.31. The number of nitrogens with one attached hydrogen (secondary N) is 2. The van der Waals surface area contributed by atoms with Gasteiger partial charge in [-0.15, -0.1) is 0 Å². The van der Waals surface area contributed by atoms with E-state index in [4.69, 9.17) is 9.47 Å². The van der Waals surface area contributed by atoms with Crippen molar-refractivity contribution in [2.45, 2.75) is 70.0 Å². The lowest BCUT2D eigenvalue weighted by atomic mass is 9.96. The van der Waals surface area contributed by atoms with Crippen molar-refractivity contribution < 1.29 is 34.4 Å². The predicted molar refractivity (Wildman–Crippen MR) is 104 cm³/mol. The van der Waals surface area contributed by atoms with Crippen LogP contribution in [-0.2, 0) is 25.5 Å². The summed E-state index contributed by atoms with van der Waals surface area (Å²) < 4.78 is 10.8. The molecule has 1 aliphatic heterocycles. The van der Waals surface area contributed by atoms with Crippen molar-refractivity contribution in [2.24, 2.45) is 0 Å². The number of rotatable bonds is 8. The molecule has 0 bridgehead atoms. The second kappa shape index (κ2) is 10.7. The van der Waals surface area contributed by atoms with E-state index in [0.717, 1.165) is 5.56 Å². The van der Waals surface area contributed by atoms with Gasteiger partial charge in [-0.05, 0) is 25.8 Å². The Hall–Kier alpha value is -2.04. The van der Waals surface area contributed by atoms with Crippen LogP contribution in [0, 0.1) is 0 Å². The first-order valence-electron chi connectivity index (χ1n) is 9.62. The van der Waals surface area contributed by atoms with Gasteiger partial charge in [-0.1, -0.05) is 30.3 Å². The van der Waals surface area contributed by atoms with Gasteiger partial charge >= 0.3 is 0 Å². The maximum atomic E-state index is 12.5. The molecule has 2 rings (SSSR count). The summed E-state index contributed by atoms with van der Waals surface area (Å²) in [5.74, 6) is -0.863. The lowest BCUT2D eigenvalue weighted by molar-refractivity contribution is -0.266. The Bertz CT molecular complexity index is 672. The summed E-state index contributed by atoms with van der Waals surface area (Å²) in [6.07, 6.45) is -5.45. The van der Waals surface area contributed by atoms with Crippen LogP contribution in [0.15, 0.2) is 30.3 Å². The molecule has 162 valence electrons. The molecule has 0 saturated carbocycles. The monoisotopic (exact) mass is 410 g/mol. The Balaban J connectivity index is 2.01. The molecule has 9 heteroatoms. The molecule has 2 amide bonds. The summed E-state index contributed by atoms with van der Waals surface area (Å²) >= 11 is 0. The van der Waals surface area contributed by atoms with Crippen LogP contribution in [0.2, 0.25) is 0 Å². The largest absolute Gasteiger partial charge is 0.394 e. The van der Waals surface area contributed by atoms with Crippen molar-refractivity contribution in [3.8, 4) is 0 Å². The van der Waals surface area contributed by atoms with Crippen LogP contribution < -0.4 is 10.6 Å². The van der Waals surface area contributed by atoms with Crippen LogP contribution in [0.5, 0.6) is 0 Å². The van der Waals surface area contributed by atoms with E-state index >= 15 is 0 Å². The molecule has 1 saturated heterocycles. The number of aliphatic hydroxyl groups excluding tert-OH is 3. The van der Waals surface area contributed by atoms with Gasteiger partial charge in [-0.25, -0.2) is 0 Å². The van der Waals surface area contributed by atoms with Crippen molar-refractivity contribution in [2.75, 3.05) is 6.61 Å². The van der Waals surface area contributed by atoms with Gasteiger partial charge in [-0.2, -0.15) is 0 Å². The number of amides is 2. The van der Waals surface area contributed by atoms with Gasteiger partial charge in [0.2, 0.25) is 11.8 Å². The average Bonchev–Trinajstić information content (AvgIpc) is 2.67. The summed E-state index contributed by atoms with van der Waals surface area (Å²) in [4.78, 5) is 24.0. The molecule has 0 radical (unpaired) electrons. The zero-order valence-corrected chi connectivity index (χ0v) is 16.8. The van der Waals surface area contributed by atoms with E-state index in [2.05, 4.69) is 10.6 Å². The minimum Gasteiger partial charge on any atom is -0.394 e. The van der Waals surface area contributed by atoms with E-state index in [1.165, 1.54) is 13.8 Å². The third kappa shape index (κ3) is 6.48. The summed E-state index contributed by atoms with van der Waals surface area (Å²) in [5.41, 5.74) is 1.08. The summed E-state index contributed by atoms with van der Waals surface area (Å²) in [5, 5.41) is 35.2. The van der Waals surface area contributed by atoms with Gasteiger partial charge in [0, 0.05) is 13.0 Å². The SMILES string of the molecule is CC(=O)N[C@H]1C(O)O[C@H](CO)[C@H](O)C1O[C@H](C)C(=O)N[C@@H](C)Cc1ccccc1. The van der Waals surface area contributed by atoms with Crippen molar-refractivity contribution in [1.82, 2.24) is 10.6 Å². The van der Waals surface area contributed by atoms with Crippen LogP contribution in [0.4, 0.5) is 0 Å². The standard InChI is InChI=1S/C20H30N2O7/c1-11(9-14-7-5-4-6-8-14)21-19(26)12(2)28-18-16(22-13(3)24)20(27)29-15(10-23)17(18)25/h4-8,11-12,15-18,20,23,25,27H,9-10H2,1-3H3,(H,21,26)(H,22,24)/t11-,12+,15+,16+,17-,18?,20?/m0/s1. The van der Waals surface area contributed by atoms with Gasteiger partial charge in [-0.3, -0.25) is 9.59 Å². The van der Waals surface area contributed by atoms with Crippen molar-refractivity contribution in [1.29, 1.82) is 0 Å². The Morgan fingerprint density at radius 1 is 1.21 bits per heavy atom. The maximum absolute atomic E-state index is 12.5. The second-order valence-corrected chi connectivity index (χ2v) is 7.31. The molecule has 5 N–H and O–H groups in total. The normalized spacial score (nSPS) is 29.0. The van der Waals surface area contributed by atoms with Crippen LogP contribution in [-0.4, -0.2) is 76.5 Å². The number of hydrogen-bond donors (Lipinski definition) is 5. The molecular weight excluding hydrogens is 380 g/mol. The first-order valence-corrected chi connectivity index (χ1v) is 9.62. The lowest BCUT2D eigenvalue weighted by Crippen LogP contribution is -2.65.